The Morgan fingerprint density at radius 2 is 1.75 bits per heavy atom. The van der Waals surface area contributed by atoms with Crippen LogP contribution in [-0.4, -0.2) is 0 Å². The van der Waals surface area contributed by atoms with Gasteiger partial charge in [-0.1, -0.05) is 50.1 Å². The Kier molecular flexibility index (Phi) is 6.55. The summed E-state index contributed by atoms with van der Waals surface area (Å²) in [5.41, 5.74) is 0.837. The van der Waals surface area contributed by atoms with Crippen LogP contribution in [0.25, 0.3) is 0 Å². The Morgan fingerprint density at radius 1 is 1.06 bits per heavy atom. The smallest absolute Gasteiger partial charge is 0.126 e. The standard InChI is InChI=1S/C15H21F/c1-2-3-4-5-6-7-8-11-14-12-9-10-13-15(14)16/h5-6,9-10,12-13H,2-4,7-8,11H2,1H3. The molecule has 0 spiro atoms. The van der Waals surface area contributed by atoms with E-state index in [1.165, 1.54) is 25.3 Å². The van der Waals surface area contributed by atoms with Crippen molar-refractivity contribution in [1.82, 2.24) is 0 Å². The number of unbranched alkanes of at least 4 members (excludes halogenated alkanes) is 3. The van der Waals surface area contributed by atoms with E-state index >= 15 is 0 Å². The highest BCUT2D eigenvalue weighted by Gasteiger charge is 1.98. The third kappa shape index (κ3) is 5.11. The van der Waals surface area contributed by atoms with E-state index in [0.29, 0.717) is 0 Å². The number of hydrogen-bond acceptors (Lipinski definition) is 0. The molecule has 1 heteroatoms. The van der Waals surface area contributed by atoms with E-state index in [-0.39, 0.29) is 5.82 Å². The van der Waals surface area contributed by atoms with Gasteiger partial charge in [-0.2, -0.15) is 0 Å². The number of allylic oxidation sites excluding steroid dienone is 2. The Hall–Kier alpha value is -1.11. The lowest BCUT2D eigenvalue weighted by atomic mass is 10.1. The van der Waals surface area contributed by atoms with Gasteiger partial charge in [0.1, 0.15) is 5.82 Å². The Balaban J connectivity index is 2.16. The van der Waals surface area contributed by atoms with Crippen LogP contribution in [0.1, 0.15) is 44.6 Å². The van der Waals surface area contributed by atoms with Crippen LogP contribution in [0.4, 0.5) is 4.39 Å². The van der Waals surface area contributed by atoms with Crippen LogP contribution in [0, 0.1) is 5.82 Å². The predicted molar refractivity (Wildman–Crippen MR) is 68.0 cm³/mol. The fourth-order valence-electron chi connectivity index (χ4n) is 1.67. The molecule has 0 nitrogen and oxygen atoms in total. The zero-order chi connectivity index (χ0) is 11.6. The molecule has 1 rings (SSSR count). The van der Waals surface area contributed by atoms with Gasteiger partial charge in [0.25, 0.3) is 0 Å². The van der Waals surface area contributed by atoms with Gasteiger partial charge in [-0.05, 0) is 37.3 Å². The summed E-state index contributed by atoms with van der Waals surface area (Å²) >= 11 is 0. The van der Waals surface area contributed by atoms with Gasteiger partial charge in [0, 0.05) is 0 Å². The van der Waals surface area contributed by atoms with Crippen LogP contribution in [0.5, 0.6) is 0 Å². The minimum absolute atomic E-state index is 0.0718. The summed E-state index contributed by atoms with van der Waals surface area (Å²) in [6.07, 6.45) is 11.1. The Bertz CT molecular complexity index is 315. The number of hydrogen-bond donors (Lipinski definition) is 0. The van der Waals surface area contributed by atoms with Crippen molar-refractivity contribution in [1.29, 1.82) is 0 Å². The van der Waals surface area contributed by atoms with Crippen molar-refractivity contribution in [3.8, 4) is 0 Å². The molecule has 0 fully saturated rings. The van der Waals surface area contributed by atoms with Crippen LogP contribution < -0.4 is 0 Å². The minimum Gasteiger partial charge on any atom is -0.207 e. The monoisotopic (exact) mass is 220 g/mol. The van der Waals surface area contributed by atoms with Crippen molar-refractivity contribution in [3.05, 3.63) is 47.8 Å². The second-order valence-electron chi connectivity index (χ2n) is 4.10. The summed E-state index contributed by atoms with van der Waals surface area (Å²) < 4.78 is 13.2. The molecule has 1 aromatic rings. The summed E-state index contributed by atoms with van der Waals surface area (Å²) in [5.74, 6) is -0.0718. The van der Waals surface area contributed by atoms with Gasteiger partial charge in [-0.3, -0.25) is 0 Å². The van der Waals surface area contributed by atoms with E-state index in [2.05, 4.69) is 19.1 Å². The van der Waals surface area contributed by atoms with Gasteiger partial charge in [0.15, 0.2) is 0 Å². The van der Waals surface area contributed by atoms with Crippen molar-refractivity contribution in [2.45, 2.75) is 45.4 Å². The molecule has 1 aromatic carbocycles. The lowest BCUT2D eigenvalue weighted by molar-refractivity contribution is 0.605. The summed E-state index contributed by atoms with van der Waals surface area (Å²) in [6, 6.07) is 7.04. The summed E-state index contributed by atoms with van der Waals surface area (Å²) in [4.78, 5) is 0. The molecule has 0 amide bonds. The molecule has 16 heavy (non-hydrogen) atoms. The molecule has 0 saturated heterocycles. The highest BCUT2D eigenvalue weighted by atomic mass is 19.1. The van der Waals surface area contributed by atoms with Crippen molar-refractivity contribution in [2.24, 2.45) is 0 Å². The van der Waals surface area contributed by atoms with Crippen LogP contribution in [0.3, 0.4) is 0 Å². The van der Waals surface area contributed by atoms with Gasteiger partial charge < -0.3 is 0 Å². The zero-order valence-corrected chi connectivity index (χ0v) is 10.1. The molecule has 0 radical (unpaired) electrons. The summed E-state index contributed by atoms with van der Waals surface area (Å²) in [7, 11) is 0. The van der Waals surface area contributed by atoms with E-state index in [1.54, 1.807) is 6.07 Å². The van der Waals surface area contributed by atoms with Crippen molar-refractivity contribution in [3.63, 3.8) is 0 Å². The minimum atomic E-state index is -0.0718. The molecule has 0 heterocycles. The van der Waals surface area contributed by atoms with Crippen molar-refractivity contribution < 1.29 is 4.39 Å². The zero-order valence-electron chi connectivity index (χ0n) is 10.1. The fraction of sp³-hybridized carbons (Fsp3) is 0.467. The van der Waals surface area contributed by atoms with E-state index in [9.17, 15) is 4.39 Å². The summed E-state index contributed by atoms with van der Waals surface area (Å²) in [5, 5.41) is 0. The number of halogens is 1. The molecule has 0 aliphatic heterocycles. The maximum Gasteiger partial charge on any atom is 0.126 e. The number of aryl methyl sites for hydroxylation is 1. The Labute approximate surface area is 98.2 Å². The maximum atomic E-state index is 13.2. The lowest BCUT2D eigenvalue weighted by Crippen LogP contribution is -1.89. The van der Waals surface area contributed by atoms with Gasteiger partial charge in [0.05, 0.1) is 0 Å². The number of benzene rings is 1. The predicted octanol–water partition coefficient (Wildman–Crippen LogP) is 4.89. The SMILES string of the molecule is CCCCC=CCCCc1ccccc1F. The highest BCUT2D eigenvalue weighted by Crippen LogP contribution is 2.10. The van der Waals surface area contributed by atoms with E-state index in [0.717, 1.165) is 24.8 Å². The third-order valence-electron chi connectivity index (χ3n) is 2.67. The normalized spacial score (nSPS) is 11.1. The van der Waals surface area contributed by atoms with Crippen LogP contribution in [-0.2, 0) is 6.42 Å². The first-order valence-corrected chi connectivity index (χ1v) is 6.23. The third-order valence-corrected chi connectivity index (χ3v) is 2.67. The van der Waals surface area contributed by atoms with Crippen LogP contribution in [0.2, 0.25) is 0 Å². The molecule has 0 saturated carbocycles. The average Bonchev–Trinajstić information content (AvgIpc) is 2.30. The fourth-order valence-corrected chi connectivity index (χ4v) is 1.67. The van der Waals surface area contributed by atoms with Gasteiger partial charge >= 0.3 is 0 Å². The van der Waals surface area contributed by atoms with Gasteiger partial charge in [-0.25, -0.2) is 4.39 Å². The molecule has 0 bridgehead atoms. The van der Waals surface area contributed by atoms with E-state index in [1.807, 2.05) is 12.1 Å². The van der Waals surface area contributed by atoms with Gasteiger partial charge in [-0.15, -0.1) is 0 Å². The topological polar surface area (TPSA) is 0 Å². The molecule has 0 unspecified atom stereocenters. The average molecular weight is 220 g/mol. The Morgan fingerprint density at radius 3 is 2.44 bits per heavy atom. The molecule has 0 aliphatic carbocycles. The molecular weight excluding hydrogens is 199 g/mol. The molecule has 88 valence electrons. The largest absolute Gasteiger partial charge is 0.207 e. The lowest BCUT2D eigenvalue weighted by Gasteiger charge is -2.00. The van der Waals surface area contributed by atoms with Gasteiger partial charge in [0.2, 0.25) is 0 Å². The molecular formula is C15H21F. The summed E-state index contributed by atoms with van der Waals surface area (Å²) in [6.45, 7) is 2.20. The van der Waals surface area contributed by atoms with Crippen molar-refractivity contribution >= 4 is 0 Å². The molecule has 0 aromatic heterocycles. The van der Waals surface area contributed by atoms with Crippen molar-refractivity contribution in [2.75, 3.05) is 0 Å². The molecule has 0 atom stereocenters. The molecule has 0 N–H and O–H groups in total. The molecule has 0 aliphatic rings. The quantitative estimate of drug-likeness (QED) is 0.453. The second kappa shape index (κ2) is 8.09. The maximum absolute atomic E-state index is 13.2. The first-order valence-electron chi connectivity index (χ1n) is 6.23. The first-order chi connectivity index (χ1) is 7.84. The second-order valence-corrected chi connectivity index (χ2v) is 4.10. The number of rotatable bonds is 7. The van der Waals surface area contributed by atoms with Crippen LogP contribution in [0.15, 0.2) is 36.4 Å². The highest BCUT2D eigenvalue weighted by molar-refractivity contribution is 5.17. The first kappa shape index (κ1) is 13.0. The van der Waals surface area contributed by atoms with Crippen LogP contribution >= 0.6 is 0 Å². The van der Waals surface area contributed by atoms with E-state index < -0.39 is 0 Å². The van der Waals surface area contributed by atoms with E-state index in [4.69, 9.17) is 0 Å².